The summed E-state index contributed by atoms with van der Waals surface area (Å²) in [7, 11) is 0. The summed E-state index contributed by atoms with van der Waals surface area (Å²) in [4.78, 5) is 26.3. The molecule has 1 unspecified atom stereocenters. The van der Waals surface area contributed by atoms with Gasteiger partial charge in [-0.05, 0) is 18.2 Å². The molecule has 0 aromatic heterocycles. The van der Waals surface area contributed by atoms with E-state index in [0.29, 0.717) is 29.6 Å². The van der Waals surface area contributed by atoms with Gasteiger partial charge in [-0.3, -0.25) is 9.69 Å². The predicted molar refractivity (Wildman–Crippen MR) is 69.4 cm³/mol. The Bertz CT molecular complexity index is 563. The Balaban J connectivity index is 1.95. The van der Waals surface area contributed by atoms with Crippen LogP contribution in [0, 0.1) is 0 Å². The Labute approximate surface area is 114 Å². The van der Waals surface area contributed by atoms with Crippen LogP contribution in [0.3, 0.4) is 0 Å². The number of hydrogen-bond donors (Lipinski definition) is 1. The maximum Gasteiger partial charge on any atom is 0.325 e. The van der Waals surface area contributed by atoms with Crippen LogP contribution in [0.4, 0.5) is 10.5 Å². The largest absolute Gasteiger partial charge is 0.489 e. The van der Waals surface area contributed by atoms with Gasteiger partial charge in [0.25, 0.3) is 0 Å². The number of nitrogens with zero attached hydrogens (tertiary/aromatic N) is 2. The molecular weight excluding hydrogens is 270 g/mol. The van der Waals surface area contributed by atoms with Crippen molar-refractivity contribution in [2.24, 2.45) is 5.73 Å². The second-order valence-electron chi connectivity index (χ2n) is 4.58. The van der Waals surface area contributed by atoms with Gasteiger partial charge in [0.05, 0.1) is 11.7 Å². The van der Waals surface area contributed by atoms with Gasteiger partial charge in [-0.2, -0.15) is 0 Å². The van der Waals surface area contributed by atoms with E-state index in [0.717, 1.165) is 0 Å². The van der Waals surface area contributed by atoms with Crippen LogP contribution in [-0.4, -0.2) is 42.6 Å². The number of primary amides is 1. The van der Waals surface area contributed by atoms with Crippen LogP contribution in [0.25, 0.3) is 0 Å². The highest BCUT2D eigenvalue weighted by atomic mass is 35.5. The molecule has 7 heteroatoms. The first kappa shape index (κ1) is 12.1. The predicted octanol–water partition coefficient (Wildman–Crippen LogP) is 0.828. The molecule has 3 rings (SSSR count). The lowest BCUT2D eigenvalue weighted by molar-refractivity contribution is -0.118. The zero-order chi connectivity index (χ0) is 13.6. The first-order valence-corrected chi connectivity index (χ1v) is 6.23. The summed E-state index contributed by atoms with van der Waals surface area (Å²) in [6, 6.07) is 4.78. The third kappa shape index (κ3) is 1.98. The maximum absolute atomic E-state index is 12.3. The smallest absolute Gasteiger partial charge is 0.325 e. The number of ether oxygens (including phenoxy) is 1. The monoisotopic (exact) mass is 281 g/mol. The lowest BCUT2D eigenvalue weighted by Crippen LogP contribution is -2.42. The number of nitrogens with two attached hydrogens (primary N) is 1. The minimum atomic E-state index is -0.527. The number of anilines is 1. The van der Waals surface area contributed by atoms with Crippen LogP contribution in [-0.2, 0) is 4.79 Å². The first-order valence-electron chi connectivity index (χ1n) is 5.85. The Morgan fingerprint density at radius 3 is 3.05 bits per heavy atom. The number of benzene rings is 1. The van der Waals surface area contributed by atoms with Crippen LogP contribution in [0.5, 0.6) is 5.75 Å². The van der Waals surface area contributed by atoms with Crippen LogP contribution in [0.15, 0.2) is 18.2 Å². The number of rotatable bonds is 2. The highest BCUT2D eigenvalue weighted by Crippen LogP contribution is 2.38. The molecule has 1 fully saturated rings. The molecule has 6 nitrogen and oxygen atoms in total. The number of carbonyl (C=O) groups is 2. The van der Waals surface area contributed by atoms with Gasteiger partial charge < -0.3 is 15.4 Å². The van der Waals surface area contributed by atoms with E-state index in [2.05, 4.69) is 0 Å². The lowest BCUT2D eigenvalue weighted by atomic mass is 10.2. The van der Waals surface area contributed by atoms with Gasteiger partial charge in [0.2, 0.25) is 5.91 Å². The standard InChI is InChI=1S/C12H12ClN3O3/c13-7-1-2-10-9(3-7)16-8(6-19-10)4-15(12(16)18)5-11(14)17/h1-3,8H,4-6H2,(H2,14,17). The molecule has 1 aromatic rings. The van der Waals surface area contributed by atoms with Crippen LogP contribution in [0.1, 0.15) is 0 Å². The zero-order valence-corrected chi connectivity index (χ0v) is 10.8. The fourth-order valence-electron chi connectivity index (χ4n) is 2.46. The Hall–Kier alpha value is -1.95. The number of amides is 3. The van der Waals surface area contributed by atoms with Crippen molar-refractivity contribution in [2.45, 2.75) is 6.04 Å². The van der Waals surface area contributed by atoms with Crippen molar-refractivity contribution in [3.05, 3.63) is 23.2 Å². The number of carbonyl (C=O) groups excluding carboxylic acids is 2. The van der Waals surface area contributed by atoms with Crippen molar-refractivity contribution in [1.82, 2.24) is 4.90 Å². The van der Waals surface area contributed by atoms with Crippen molar-refractivity contribution in [3.8, 4) is 5.75 Å². The summed E-state index contributed by atoms with van der Waals surface area (Å²) in [6.45, 7) is 0.741. The maximum atomic E-state index is 12.3. The minimum Gasteiger partial charge on any atom is -0.489 e. The molecule has 2 aliphatic rings. The number of fused-ring (bicyclic) bond motifs is 3. The molecular formula is C12H12ClN3O3. The molecule has 19 heavy (non-hydrogen) atoms. The van der Waals surface area contributed by atoms with E-state index in [4.69, 9.17) is 22.1 Å². The quantitative estimate of drug-likeness (QED) is 0.872. The molecule has 0 saturated carbocycles. The molecule has 0 aliphatic carbocycles. The van der Waals surface area contributed by atoms with Gasteiger partial charge in [0.15, 0.2) is 0 Å². The molecule has 100 valence electrons. The van der Waals surface area contributed by atoms with Gasteiger partial charge in [-0.25, -0.2) is 4.79 Å². The molecule has 3 amide bonds. The summed E-state index contributed by atoms with van der Waals surface area (Å²) in [6.07, 6.45) is 0. The highest BCUT2D eigenvalue weighted by Gasteiger charge is 2.42. The molecule has 0 radical (unpaired) electrons. The van der Waals surface area contributed by atoms with Gasteiger partial charge in [0.1, 0.15) is 18.9 Å². The average molecular weight is 282 g/mol. The van der Waals surface area contributed by atoms with E-state index < -0.39 is 5.91 Å². The Morgan fingerprint density at radius 1 is 1.53 bits per heavy atom. The van der Waals surface area contributed by atoms with E-state index in [1.54, 1.807) is 23.1 Å². The summed E-state index contributed by atoms with van der Waals surface area (Å²) in [5.41, 5.74) is 5.78. The molecule has 0 bridgehead atoms. The molecule has 2 N–H and O–H groups in total. The normalized spacial score (nSPS) is 20.9. The van der Waals surface area contributed by atoms with Crippen molar-refractivity contribution in [1.29, 1.82) is 0 Å². The third-order valence-electron chi connectivity index (χ3n) is 3.23. The summed E-state index contributed by atoms with van der Waals surface area (Å²) < 4.78 is 5.60. The molecule has 1 atom stereocenters. The van der Waals surface area contributed by atoms with E-state index in [-0.39, 0.29) is 18.6 Å². The molecule has 1 aromatic carbocycles. The SMILES string of the molecule is NC(=O)CN1CC2COc3ccc(Cl)cc3N2C1=O. The average Bonchev–Trinajstić information content (AvgIpc) is 2.66. The van der Waals surface area contributed by atoms with Gasteiger partial charge in [0, 0.05) is 11.6 Å². The van der Waals surface area contributed by atoms with E-state index in [9.17, 15) is 9.59 Å². The molecule has 2 heterocycles. The second kappa shape index (κ2) is 4.31. The number of urea groups is 1. The van der Waals surface area contributed by atoms with Crippen LogP contribution < -0.4 is 15.4 Å². The topological polar surface area (TPSA) is 75.9 Å². The summed E-state index contributed by atoms with van der Waals surface area (Å²) in [5, 5.41) is 0.532. The summed E-state index contributed by atoms with van der Waals surface area (Å²) in [5.74, 6) is 0.0929. The van der Waals surface area contributed by atoms with Gasteiger partial charge in [-0.15, -0.1) is 0 Å². The minimum absolute atomic E-state index is 0.0816. The highest BCUT2D eigenvalue weighted by molar-refractivity contribution is 6.31. The van der Waals surface area contributed by atoms with Gasteiger partial charge in [-0.1, -0.05) is 11.6 Å². The third-order valence-corrected chi connectivity index (χ3v) is 3.47. The molecule has 0 spiro atoms. The van der Waals surface area contributed by atoms with E-state index >= 15 is 0 Å². The van der Waals surface area contributed by atoms with Crippen LogP contribution >= 0.6 is 11.6 Å². The molecule has 2 aliphatic heterocycles. The van der Waals surface area contributed by atoms with Crippen molar-refractivity contribution in [3.63, 3.8) is 0 Å². The summed E-state index contributed by atoms with van der Waals surface area (Å²) >= 11 is 5.95. The van der Waals surface area contributed by atoms with E-state index in [1.165, 1.54) is 4.90 Å². The fourth-order valence-corrected chi connectivity index (χ4v) is 2.62. The van der Waals surface area contributed by atoms with Crippen molar-refractivity contribution >= 4 is 29.2 Å². The Kier molecular flexibility index (Phi) is 2.74. The van der Waals surface area contributed by atoms with Crippen molar-refractivity contribution < 1.29 is 14.3 Å². The van der Waals surface area contributed by atoms with Crippen LogP contribution in [0.2, 0.25) is 5.02 Å². The molecule has 1 saturated heterocycles. The fraction of sp³-hybridized carbons (Fsp3) is 0.333. The number of halogens is 1. The Morgan fingerprint density at radius 2 is 2.32 bits per heavy atom. The zero-order valence-electron chi connectivity index (χ0n) is 10.0. The second-order valence-corrected chi connectivity index (χ2v) is 5.01. The first-order chi connectivity index (χ1) is 9.06. The lowest BCUT2D eigenvalue weighted by Gasteiger charge is -2.30. The van der Waals surface area contributed by atoms with Gasteiger partial charge >= 0.3 is 6.03 Å². The van der Waals surface area contributed by atoms with Crippen molar-refractivity contribution in [2.75, 3.05) is 24.6 Å². The van der Waals surface area contributed by atoms with E-state index in [1.807, 2.05) is 0 Å². The number of hydrogen-bond acceptors (Lipinski definition) is 3.